The minimum atomic E-state index is -0.649. The average molecular weight is 394 g/mol. The number of benzene rings is 1. The Morgan fingerprint density at radius 2 is 2.04 bits per heavy atom. The van der Waals surface area contributed by atoms with E-state index in [0.29, 0.717) is 19.5 Å². The molecule has 9 heteroatoms. The molecule has 1 aromatic carbocycles. The Bertz CT molecular complexity index is 906. The fraction of sp³-hybridized carbons (Fsp3) is 0.176. The number of nitrogens with zero attached hydrogens (tertiary/aromatic N) is 3. The van der Waals surface area contributed by atoms with E-state index in [4.69, 9.17) is 23.2 Å². The zero-order valence-corrected chi connectivity index (χ0v) is 15.0. The van der Waals surface area contributed by atoms with Crippen LogP contribution in [0.1, 0.15) is 16.8 Å². The average Bonchev–Trinajstić information content (AvgIpc) is 3.09. The first kappa shape index (κ1) is 17.1. The van der Waals surface area contributed by atoms with Gasteiger partial charge in [0.15, 0.2) is 0 Å². The number of halogens is 3. The summed E-state index contributed by atoms with van der Waals surface area (Å²) in [5.74, 6) is -0.177. The summed E-state index contributed by atoms with van der Waals surface area (Å²) in [4.78, 5) is 18.8. The van der Waals surface area contributed by atoms with Crippen LogP contribution in [0.2, 0.25) is 10.0 Å². The second-order valence-corrected chi connectivity index (χ2v) is 6.64. The van der Waals surface area contributed by atoms with Gasteiger partial charge in [0.2, 0.25) is 0 Å². The lowest BCUT2D eigenvalue weighted by Crippen LogP contribution is -2.39. The van der Waals surface area contributed by atoms with E-state index in [1.54, 1.807) is 11.1 Å². The maximum absolute atomic E-state index is 13.5. The Kier molecular flexibility index (Phi) is 4.44. The third kappa shape index (κ3) is 2.88. The van der Waals surface area contributed by atoms with Crippen LogP contribution in [0, 0.1) is 5.82 Å². The van der Waals surface area contributed by atoms with Crippen molar-refractivity contribution in [3.63, 3.8) is 0 Å². The van der Waals surface area contributed by atoms with Crippen LogP contribution in [-0.2, 0) is 0 Å². The molecule has 2 aliphatic rings. The standard InChI is InChI=1S/C17H14Cl2FN5O/c18-15-10(4-5-11(20)16(15)19)17(26)24-8-6-13-12(9-24)22-23-25(13)14-3-1-2-7-21-14/h1-5,7,22-23H,6,8-9H2. The number of amides is 1. The molecule has 4 rings (SSSR count). The number of carbonyl (C=O) groups excluding carboxylic acids is 1. The van der Waals surface area contributed by atoms with Crippen molar-refractivity contribution in [2.45, 2.75) is 6.42 Å². The second-order valence-electron chi connectivity index (χ2n) is 5.89. The molecule has 134 valence electrons. The first-order valence-corrected chi connectivity index (χ1v) is 8.69. The first-order valence-electron chi connectivity index (χ1n) is 7.94. The van der Waals surface area contributed by atoms with E-state index in [1.807, 2.05) is 23.2 Å². The highest BCUT2D eigenvalue weighted by Crippen LogP contribution is 2.31. The van der Waals surface area contributed by atoms with Crippen molar-refractivity contribution in [3.8, 4) is 0 Å². The molecule has 0 spiro atoms. The van der Waals surface area contributed by atoms with Crippen molar-refractivity contribution >= 4 is 34.9 Å². The number of pyridine rings is 1. The van der Waals surface area contributed by atoms with Gasteiger partial charge in [0.1, 0.15) is 11.6 Å². The highest BCUT2D eigenvalue weighted by molar-refractivity contribution is 6.43. The minimum absolute atomic E-state index is 0.0657. The van der Waals surface area contributed by atoms with Crippen LogP contribution >= 0.6 is 23.2 Å². The van der Waals surface area contributed by atoms with Crippen LogP contribution in [-0.4, -0.2) is 28.9 Å². The quantitative estimate of drug-likeness (QED) is 0.767. The van der Waals surface area contributed by atoms with Crippen LogP contribution in [0.25, 0.3) is 0 Å². The Labute approximate surface area is 159 Å². The smallest absolute Gasteiger partial charge is 0.255 e. The molecule has 0 unspecified atom stereocenters. The number of anilines is 1. The lowest BCUT2D eigenvalue weighted by Gasteiger charge is -2.29. The molecule has 2 aliphatic heterocycles. The van der Waals surface area contributed by atoms with E-state index in [2.05, 4.69) is 15.9 Å². The van der Waals surface area contributed by atoms with E-state index in [0.717, 1.165) is 23.3 Å². The summed E-state index contributed by atoms with van der Waals surface area (Å²) in [6.45, 7) is 0.867. The van der Waals surface area contributed by atoms with Crippen molar-refractivity contribution < 1.29 is 9.18 Å². The summed E-state index contributed by atoms with van der Waals surface area (Å²) in [5, 5.41) is 1.55. The van der Waals surface area contributed by atoms with Gasteiger partial charge in [-0.1, -0.05) is 29.3 Å². The highest BCUT2D eigenvalue weighted by Gasteiger charge is 2.32. The second kappa shape index (κ2) is 6.75. The van der Waals surface area contributed by atoms with Crippen molar-refractivity contribution in [2.24, 2.45) is 0 Å². The van der Waals surface area contributed by atoms with Crippen LogP contribution < -0.4 is 16.0 Å². The molecule has 2 aromatic rings. The number of hydrazine groups is 2. The third-order valence-electron chi connectivity index (χ3n) is 4.34. The molecule has 0 saturated carbocycles. The zero-order chi connectivity index (χ0) is 18.3. The fourth-order valence-corrected chi connectivity index (χ4v) is 3.42. The number of rotatable bonds is 2. The molecule has 0 atom stereocenters. The van der Waals surface area contributed by atoms with Gasteiger partial charge in [-0.15, -0.1) is 5.53 Å². The first-order chi connectivity index (χ1) is 12.6. The maximum Gasteiger partial charge on any atom is 0.255 e. The molecule has 0 bridgehead atoms. The molecule has 3 heterocycles. The fourth-order valence-electron chi connectivity index (χ4n) is 3.02. The Morgan fingerprint density at radius 3 is 2.81 bits per heavy atom. The molecule has 6 nitrogen and oxygen atoms in total. The molecule has 2 N–H and O–H groups in total. The normalized spacial score (nSPS) is 16.6. The van der Waals surface area contributed by atoms with Crippen LogP contribution in [0.4, 0.5) is 10.2 Å². The number of nitrogens with one attached hydrogen (secondary N) is 2. The Hall–Kier alpha value is -2.35. The summed E-state index contributed by atoms with van der Waals surface area (Å²) < 4.78 is 13.5. The predicted octanol–water partition coefficient (Wildman–Crippen LogP) is 3.11. The summed E-state index contributed by atoms with van der Waals surface area (Å²) >= 11 is 11.9. The van der Waals surface area contributed by atoms with Gasteiger partial charge in [-0.3, -0.25) is 4.79 Å². The van der Waals surface area contributed by atoms with Gasteiger partial charge in [-0.2, -0.15) is 0 Å². The monoisotopic (exact) mass is 393 g/mol. The van der Waals surface area contributed by atoms with Crippen molar-refractivity contribution in [3.05, 3.63) is 69.3 Å². The van der Waals surface area contributed by atoms with Gasteiger partial charge < -0.3 is 10.3 Å². The van der Waals surface area contributed by atoms with E-state index in [1.165, 1.54) is 6.07 Å². The van der Waals surface area contributed by atoms with E-state index < -0.39 is 5.82 Å². The molecule has 0 radical (unpaired) electrons. The molecule has 26 heavy (non-hydrogen) atoms. The number of aromatic nitrogens is 1. The van der Waals surface area contributed by atoms with Gasteiger partial charge in [0.05, 0.1) is 33.5 Å². The topological polar surface area (TPSA) is 60.5 Å². The SMILES string of the molecule is O=C(c1ccc(F)c(Cl)c1Cl)N1CCC2=C(C1)NNN2c1ccccn1. The summed E-state index contributed by atoms with van der Waals surface area (Å²) in [6, 6.07) is 8.15. The molecular weight excluding hydrogens is 380 g/mol. The van der Waals surface area contributed by atoms with Gasteiger partial charge in [-0.05, 0) is 24.3 Å². The lowest BCUT2D eigenvalue weighted by molar-refractivity contribution is 0.0762. The summed E-state index contributed by atoms with van der Waals surface area (Å²) in [5.41, 5.74) is 8.22. The van der Waals surface area contributed by atoms with Crippen molar-refractivity contribution in [1.82, 2.24) is 20.8 Å². The van der Waals surface area contributed by atoms with Gasteiger partial charge >= 0.3 is 0 Å². The molecule has 0 saturated heterocycles. The number of carbonyl (C=O) groups is 1. The Balaban J connectivity index is 1.56. The minimum Gasteiger partial charge on any atom is -0.332 e. The van der Waals surface area contributed by atoms with Gasteiger partial charge in [-0.25, -0.2) is 14.4 Å². The molecule has 0 aliphatic carbocycles. The number of hydrogen-bond donors (Lipinski definition) is 2. The third-order valence-corrected chi connectivity index (χ3v) is 5.19. The van der Waals surface area contributed by atoms with Crippen LogP contribution in [0.15, 0.2) is 47.9 Å². The largest absolute Gasteiger partial charge is 0.332 e. The van der Waals surface area contributed by atoms with Crippen LogP contribution in [0.5, 0.6) is 0 Å². The predicted molar refractivity (Wildman–Crippen MR) is 97.0 cm³/mol. The van der Waals surface area contributed by atoms with E-state index >= 15 is 0 Å². The molecular formula is C17H14Cl2FN5O. The van der Waals surface area contributed by atoms with Crippen molar-refractivity contribution in [2.75, 3.05) is 18.1 Å². The molecule has 1 aromatic heterocycles. The Morgan fingerprint density at radius 1 is 1.19 bits per heavy atom. The lowest BCUT2D eigenvalue weighted by atomic mass is 10.1. The van der Waals surface area contributed by atoms with Gasteiger partial charge in [0.25, 0.3) is 5.91 Å². The van der Waals surface area contributed by atoms with E-state index in [-0.39, 0.29) is 21.5 Å². The van der Waals surface area contributed by atoms with Gasteiger partial charge in [0, 0.05) is 19.2 Å². The van der Waals surface area contributed by atoms with Crippen molar-refractivity contribution in [1.29, 1.82) is 0 Å². The highest BCUT2D eigenvalue weighted by atomic mass is 35.5. The summed E-state index contributed by atoms with van der Waals surface area (Å²) in [7, 11) is 0. The summed E-state index contributed by atoms with van der Waals surface area (Å²) in [6.07, 6.45) is 2.35. The number of hydrogen-bond acceptors (Lipinski definition) is 5. The molecule has 0 fully saturated rings. The van der Waals surface area contributed by atoms with E-state index in [9.17, 15) is 9.18 Å². The van der Waals surface area contributed by atoms with Crippen LogP contribution in [0.3, 0.4) is 0 Å². The zero-order valence-electron chi connectivity index (χ0n) is 13.5. The maximum atomic E-state index is 13.5. The molecule has 1 amide bonds.